The lowest BCUT2D eigenvalue weighted by molar-refractivity contribution is -0.161. The third-order valence-corrected chi connectivity index (χ3v) is 6.81. The van der Waals surface area contributed by atoms with Crippen molar-refractivity contribution in [2.75, 3.05) is 26.3 Å². The first-order valence-electron chi connectivity index (χ1n) is 14.7. The van der Waals surface area contributed by atoms with Gasteiger partial charge in [-0.1, -0.05) is 89.9 Å². The molecule has 0 spiro atoms. The second-order valence-electron chi connectivity index (χ2n) is 10.0. The number of hydrogen-bond donors (Lipinski definition) is 4. The Morgan fingerprint density at radius 2 is 0.947 bits per heavy atom. The lowest BCUT2D eigenvalue weighted by Gasteiger charge is -2.18. The van der Waals surface area contributed by atoms with E-state index in [-0.39, 0.29) is 19.4 Å². The fourth-order valence-electron chi connectivity index (χ4n) is 4.10. The molecule has 0 aliphatic heterocycles. The van der Waals surface area contributed by atoms with E-state index >= 15 is 0 Å². The van der Waals surface area contributed by atoms with E-state index < -0.39 is 32.5 Å². The van der Waals surface area contributed by atoms with Crippen LogP contribution in [0.25, 0.3) is 0 Å². The van der Waals surface area contributed by atoms with Crippen LogP contribution in [0.4, 0.5) is 0 Å². The minimum atomic E-state index is -4.74. The SMILES string of the molecule is NCCCCCCCCCCCC(=O)OCC(COP(=O)(O)O)OC(=O)CCCCCCCCCCCN. The highest BCUT2D eigenvalue weighted by Gasteiger charge is 2.22. The molecule has 0 bridgehead atoms. The van der Waals surface area contributed by atoms with Crippen LogP contribution in [0.3, 0.4) is 0 Å². The lowest BCUT2D eigenvalue weighted by atomic mass is 10.1. The molecule has 6 N–H and O–H groups in total. The molecule has 38 heavy (non-hydrogen) atoms. The summed E-state index contributed by atoms with van der Waals surface area (Å²) in [6.45, 7) is 0.672. The molecule has 0 aromatic heterocycles. The standard InChI is InChI=1S/C27H55N2O8P/c28-21-17-13-9-5-1-3-7-11-15-19-26(30)35-23-25(24-36-38(32,33)34)37-27(31)20-16-12-8-4-2-6-10-14-18-22-29/h25H,1-24,28-29H2,(H2,32,33,34). The van der Waals surface area contributed by atoms with Crippen LogP contribution in [-0.4, -0.2) is 54.1 Å². The van der Waals surface area contributed by atoms with Crippen molar-refractivity contribution in [3.05, 3.63) is 0 Å². The van der Waals surface area contributed by atoms with Gasteiger partial charge in [-0.2, -0.15) is 0 Å². The van der Waals surface area contributed by atoms with Gasteiger partial charge in [0.2, 0.25) is 0 Å². The molecule has 0 aromatic carbocycles. The van der Waals surface area contributed by atoms with E-state index in [1.54, 1.807) is 0 Å². The summed E-state index contributed by atoms with van der Waals surface area (Å²) in [5, 5.41) is 0. The number of phosphoric ester groups is 1. The molecule has 0 heterocycles. The van der Waals surface area contributed by atoms with Crippen molar-refractivity contribution >= 4 is 19.8 Å². The molecule has 0 aliphatic rings. The van der Waals surface area contributed by atoms with E-state index in [2.05, 4.69) is 4.52 Å². The monoisotopic (exact) mass is 566 g/mol. The Bertz CT molecular complexity index is 618. The van der Waals surface area contributed by atoms with Crippen LogP contribution in [0.15, 0.2) is 0 Å². The molecule has 0 saturated carbocycles. The van der Waals surface area contributed by atoms with Crippen LogP contribution >= 0.6 is 7.82 Å². The average molecular weight is 567 g/mol. The molecular weight excluding hydrogens is 511 g/mol. The van der Waals surface area contributed by atoms with Gasteiger partial charge in [-0.3, -0.25) is 14.1 Å². The van der Waals surface area contributed by atoms with Gasteiger partial charge < -0.3 is 30.7 Å². The molecule has 1 unspecified atom stereocenters. The summed E-state index contributed by atoms with van der Waals surface area (Å²) in [6.07, 6.45) is 18.8. The Balaban J connectivity index is 4.04. The number of esters is 2. The first kappa shape index (κ1) is 37.0. The smallest absolute Gasteiger partial charge is 0.462 e. The molecule has 0 amide bonds. The second-order valence-corrected chi connectivity index (χ2v) is 11.3. The average Bonchev–Trinajstić information content (AvgIpc) is 2.87. The zero-order chi connectivity index (χ0) is 28.3. The van der Waals surface area contributed by atoms with Crippen LogP contribution in [0.2, 0.25) is 0 Å². The van der Waals surface area contributed by atoms with Gasteiger partial charge in [0.25, 0.3) is 0 Å². The zero-order valence-electron chi connectivity index (χ0n) is 23.5. The van der Waals surface area contributed by atoms with Crippen LogP contribution in [-0.2, 0) is 28.2 Å². The molecule has 0 aromatic rings. The van der Waals surface area contributed by atoms with Crippen molar-refractivity contribution in [3.8, 4) is 0 Å². The minimum Gasteiger partial charge on any atom is -0.462 e. The van der Waals surface area contributed by atoms with E-state index in [0.717, 1.165) is 64.5 Å². The summed E-state index contributed by atoms with van der Waals surface area (Å²) in [5.41, 5.74) is 11.0. The highest BCUT2D eigenvalue weighted by atomic mass is 31.2. The summed E-state index contributed by atoms with van der Waals surface area (Å²) < 4.78 is 26.0. The molecule has 0 fully saturated rings. The van der Waals surface area contributed by atoms with E-state index in [1.807, 2.05) is 0 Å². The van der Waals surface area contributed by atoms with Gasteiger partial charge >= 0.3 is 19.8 Å². The number of unbranched alkanes of at least 4 members (excludes halogenated alkanes) is 16. The maximum atomic E-state index is 12.2. The molecule has 11 heteroatoms. The van der Waals surface area contributed by atoms with Gasteiger partial charge in [-0.15, -0.1) is 0 Å². The van der Waals surface area contributed by atoms with Gasteiger partial charge in [0.15, 0.2) is 6.10 Å². The van der Waals surface area contributed by atoms with Crippen LogP contribution < -0.4 is 11.5 Å². The van der Waals surface area contributed by atoms with E-state index in [0.29, 0.717) is 12.8 Å². The molecule has 0 rings (SSSR count). The van der Waals surface area contributed by atoms with Crippen molar-refractivity contribution in [3.63, 3.8) is 0 Å². The maximum Gasteiger partial charge on any atom is 0.469 e. The number of carbonyl (C=O) groups excluding carboxylic acids is 2. The summed E-state index contributed by atoms with van der Waals surface area (Å²) >= 11 is 0. The number of phosphoric acid groups is 1. The van der Waals surface area contributed by atoms with Crippen LogP contribution in [0, 0.1) is 0 Å². The Morgan fingerprint density at radius 3 is 1.34 bits per heavy atom. The van der Waals surface area contributed by atoms with Gasteiger partial charge in [0, 0.05) is 12.8 Å². The fourth-order valence-corrected chi connectivity index (χ4v) is 4.46. The number of hydrogen-bond acceptors (Lipinski definition) is 8. The van der Waals surface area contributed by atoms with E-state index in [9.17, 15) is 14.2 Å². The molecular formula is C27H55N2O8P. The number of carbonyl (C=O) groups is 2. The van der Waals surface area contributed by atoms with Crippen molar-refractivity contribution in [2.24, 2.45) is 11.5 Å². The van der Waals surface area contributed by atoms with Gasteiger partial charge in [0.05, 0.1) is 6.61 Å². The normalized spacial score (nSPS) is 12.4. The van der Waals surface area contributed by atoms with E-state index in [1.165, 1.54) is 51.4 Å². The first-order chi connectivity index (χ1) is 18.3. The number of rotatable bonds is 28. The van der Waals surface area contributed by atoms with Gasteiger partial charge in [-0.05, 0) is 38.8 Å². The minimum absolute atomic E-state index is 0.198. The predicted molar refractivity (Wildman–Crippen MR) is 149 cm³/mol. The fraction of sp³-hybridized carbons (Fsp3) is 0.926. The molecule has 1 atom stereocenters. The van der Waals surface area contributed by atoms with Crippen molar-refractivity contribution < 1.29 is 37.9 Å². The second kappa shape index (κ2) is 26.2. The maximum absolute atomic E-state index is 12.2. The topological polar surface area (TPSA) is 171 Å². The molecule has 10 nitrogen and oxygen atoms in total. The largest absolute Gasteiger partial charge is 0.469 e. The summed E-state index contributed by atoms with van der Waals surface area (Å²) in [4.78, 5) is 42.2. The van der Waals surface area contributed by atoms with Crippen molar-refractivity contribution in [1.82, 2.24) is 0 Å². The third-order valence-electron chi connectivity index (χ3n) is 6.33. The number of nitrogens with two attached hydrogens (primary N) is 2. The third kappa shape index (κ3) is 28.0. The Labute approximate surface area is 230 Å². The Morgan fingerprint density at radius 1 is 0.579 bits per heavy atom. The van der Waals surface area contributed by atoms with Crippen molar-refractivity contribution in [1.29, 1.82) is 0 Å². The summed E-state index contributed by atoms with van der Waals surface area (Å²) in [5.74, 6) is -0.919. The van der Waals surface area contributed by atoms with Gasteiger partial charge in [0.1, 0.15) is 6.61 Å². The first-order valence-corrected chi connectivity index (χ1v) is 16.3. The molecule has 226 valence electrons. The quantitative estimate of drug-likeness (QED) is 0.0555. The van der Waals surface area contributed by atoms with Crippen molar-refractivity contribution in [2.45, 2.75) is 135 Å². The van der Waals surface area contributed by atoms with Gasteiger partial charge in [-0.25, -0.2) is 4.57 Å². The molecule has 0 aliphatic carbocycles. The summed E-state index contributed by atoms with van der Waals surface area (Å²) in [7, 11) is -4.74. The Kier molecular flexibility index (Phi) is 25.5. The molecule has 0 saturated heterocycles. The summed E-state index contributed by atoms with van der Waals surface area (Å²) in [6, 6.07) is 0. The zero-order valence-corrected chi connectivity index (χ0v) is 24.4. The van der Waals surface area contributed by atoms with Crippen LogP contribution in [0.1, 0.15) is 128 Å². The molecule has 0 radical (unpaired) electrons. The highest BCUT2D eigenvalue weighted by molar-refractivity contribution is 7.46. The predicted octanol–water partition coefficient (Wildman–Crippen LogP) is 5.27. The number of ether oxygens (including phenoxy) is 2. The highest BCUT2D eigenvalue weighted by Crippen LogP contribution is 2.35. The van der Waals surface area contributed by atoms with Crippen LogP contribution in [0.5, 0.6) is 0 Å². The Hall–Kier alpha value is -1.03. The lowest BCUT2D eigenvalue weighted by Crippen LogP contribution is -2.29. The van der Waals surface area contributed by atoms with E-state index in [4.69, 9.17) is 30.7 Å².